The second-order valence-corrected chi connectivity index (χ2v) is 2.92. The zero-order valence-electron chi connectivity index (χ0n) is 7.08. The van der Waals surface area contributed by atoms with Crippen LogP contribution in [0, 0.1) is 0 Å². The lowest BCUT2D eigenvalue weighted by Gasteiger charge is -2.16. The topological polar surface area (TPSA) is 32.7 Å². The van der Waals surface area contributed by atoms with E-state index in [1.54, 1.807) is 14.0 Å². The second kappa shape index (κ2) is 3.74. The monoisotopic (exact) mass is 157 g/mol. The lowest BCUT2D eigenvalue weighted by molar-refractivity contribution is 0.136. The minimum atomic E-state index is -0.250. The van der Waals surface area contributed by atoms with Crippen molar-refractivity contribution in [3.05, 3.63) is 11.8 Å². The first-order chi connectivity index (χ1) is 5.22. The second-order valence-electron chi connectivity index (χ2n) is 2.92. The average Bonchev–Trinajstić information content (AvgIpc) is 2.34. The summed E-state index contributed by atoms with van der Waals surface area (Å²) in [6.45, 7) is 4.25. The molecule has 0 radical (unpaired) electrons. The molecule has 0 bridgehead atoms. The van der Waals surface area contributed by atoms with Crippen molar-refractivity contribution in [2.45, 2.75) is 13.0 Å². The van der Waals surface area contributed by atoms with Crippen LogP contribution in [-0.2, 0) is 4.74 Å². The fourth-order valence-electron chi connectivity index (χ4n) is 1.24. The van der Waals surface area contributed by atoms with Crippen LogP contribution in [0.15, 0.2) is 11.8 Å². The van der Waals surface area contributed by atoms with E-state index in [1.165, 1.54) is 0 Å². The molecule has 0 unspecified atom stereocenters. The van der Waals surface area contributed by atoms with E-state index in [1.807, 2.05) is 6.08 Å². The molecule has 0 fully saturated rings. The molecule has 1 N–H and O–H groups in total. The van der Waals surface area contributed by atoms with Crippen molar-refractivity contribution in [1.29, 1.82) is 0 Å². The summed E-state index contributed by atoms with van der Waals surface area (Å²) in [5, 5.41) is 9.07. The van der Waals surface area contributed by atoms with Gasteiger partial charge in [-0.1, -0.05) is 0 Å². The summed E-state index contributed by atoms with van der Waals surface area (Å²) in [6.07, 6.45) is 1.79. The van der Waals surface area contributed by atoms with Crippen molar-refractivity contribution in [2.24, 2.45) is 0 Å². The maximum atomic E-state index is 9.07. The highest BCUT2D eigenvalue weighted by atomic mass is 16.5. The Morgan fingerprint density at radius 2 is 2.55 bits per heavy atom. The zero-order chi connectivity index (χ0) is 8.27. The van der Waals surface area contributed by atoms with E-state index >= 15 is 0 Å². The molecule has 0 amide bonds. The average molecular weight is 157 g/mol. The number of ether oxygens (including phenoxy) is 1. The highest BCUT2D eigenvalue weighted by Gasteiger charge is 2.15. The third kappa shape index (κ3) is 2.52. The molecule has 0 aliphatic carbocycles. The number of β-amino-alcohol motifs (C(OH)–C–C–N with tert-alkyl or cyclic N) is 1. The molecule has 1 heterocycles. The fraction of sp³-hybridized carbons (Fsp3) is 0.750. The molecule has 0 aromatic rings. The van der Waals surface area contributed by atoms with Crippen molar-refractivity contribution in [3.63, 3.8) is 0 Å². The van der Waals surface area contributed by atoms with Gasteiger partial charge in [-0.25, -0.2) is 0 Å². The van der Waals surface area contributed by atoms with Crippen LogP contribution in [0.3, 0.4) is 0 Å². The van der Waals surface area contributed by atoms with E-state index in [4.69, 9.17) is 9.84 Å². The molecular formula is C8H15NO2. The molecule has 1 atom stereocenters. The first-order valence-electron chi connectivity index (χ1n) is 3.86. The molecule has 0 aromatic carbocycles. The predicted octanol–water partition coefficient (Wildman–Crippen LogP) is 0.213. The number of hydrogen-bond donors (Lipinski definition) is 1. The van der Waals surface area contributed by atoms with Crippen LogP contribution in [-0.4, -0.2) is 42.9 Å². The summed E-state index contributed by atoms with van der Waals surface area (Å²) >= 11 is 0. The third-order valence-corrected chi connectivity index (χ3v) is 1.74. The predicted molar refractivity (Wildman–Crippen MR) is 43.2 cm³/mol. The van der Waals surface area contributed by atoms with E-state index < -0.39 is 0 Å². The van der Waals surface area contributed by atoms with Gasteiger partial charge in [0.05, 0.1) is 19.8 Å². The normalized spacial score (nSPS) is 21.5. The minimum absolute atomic E-state index is 0.250. The van der Waals surface area contributed by atoms with E-state index in [0.717, 1.165) is 25.4 Å². The standard InChI is InChI=1S/C8H15NO2/c1-7(10)5-9-4-3-8(6-9)11-2/h3,7,10H,4-6H2,1-2H3/t7-/m1/s1. The molecular weight excluding hydrogens is 142 g/mol. The van der Waals surface area contributed by atoms with Crippen LogP contribution in [0.1, 0.15) is 6.92 Å². The summed E-state index contributed by atoms with van der Waals surface area (Å²) in [5.41, 5.74) is 0. The van der Waals surface area contributed by atoms with Crippen LogP contribution in [0.5, 0.6) is 0 Å². The Kier molecular flexibility index (Phi) is 2.91. The fourth-order valence-corrected chi connectivity index (χ4v) is 1.24. The molecule has 0 aromatic heterocycles. The van der Waals surface area contributed by atoms with Crippen molar-refractivity contribution in [2.75, 3.05) is 26.7 Å². The van der Waals surface area contributed by atoms with E-state index in [-0.39, 0.29) is 6.10 Å². The lowest BCUT2D eigenvalue weighted by atomic mass is 10.4. The van der Waals surface area contributed by atoms with Gasteiger partial charge in [0.15, 0.2) is 0 Å². The minimum Gasteiger partial charge on any atom is -0.500 e. The zero-order valence-corrected chi connectivity index (χ0v) is 7.08. The smallest absolute Gasteiger partial charge is 0.107 e. The molecule has 1 aliphatic heterocycles. The molecule has 0 saturated heterocycles. The SMILES string of the molecule is COC1=CCN(C[C@@H](C)O)C1. The van der Waals surface area contributed by atoms with E-state index in [2.05, 4.69) is 4.90 Å². The summed E-state index contributed by atoms with van der Waals surface area (Å²) in [7, 11) is 1.68. The highest BCUT2D eigenvalue weighted by molar-refractivity contribution is 5.04. The largest absolute Gasteiger partial charge is 0.500 e. The molecule has 11 heavy (non-hydrogen) atoms. The van der Waals surface area contributed by atoms with Crippen LogP contribution < -0.4 is 0 Å². The number of hydrogen-bond acceptors (Lipinski definition) is 3. The van der Waals surface area contributed by atoms with Gasteiger partial charge in [0.2, 0.25) is 0 Å². The number of aliphatic hydroxyl groups is 1. The van der Waals surface area contributed by atoms with Crippen LogP contribution in [0.25, 0.3) is 0 Å². The van der Waals surface area contributed by atoms with Gasteiger partial charge in [0, 0.05) is 13.1 Å². The van der Waals surface area contributed by atoms with Gasteiger partial charge >= 0.3 is 0 Å². The number of methoxy groups -OCH3 is 1. The molecule has 64 valence electrons. The maximum Gasteiger partial charge on any atom is 0.107 e. The van der Waals surface area contributed by atoms with Crippen LogP contribution in [0.4, 0.5) is 0 Å². The summed E-state index contributed by atoms with van der Waals surface area (Å²) in [5.74, 6) is 1.01. The van der Waals surface area contributed by atoms with Gasteiger partial charge in [0.25, 0.3) is 0 Å². The van der Waals surface area contributed by atoms with Crippen LogP contribution >= 0.6 is 0 Å². The van der Waals surface area contributed by atoms with E-state index in [0.29, 0.717) is 0 Å². The first kappa shape index (κ1) is 8.56. The summed E-state index contributed by atoms with van der Waals surface area (Å²) < 4.78 is 5.06. The molecule has 0 spiro atoms. The quantitative estimate of drug-likeness (QED) is 0.636. The molecule has 3 heteroatoms. The van der Waals surface area contributed by atoms with Crippen molar-refractivity contribution in [3.8, 4) is 0 Å². The Labute approximate surface area is 67.3 Å². The maximum absolute atomic E-state index is 9.07. The van der Waals surface area contributed by atoms with Gasteiger partial charge < -0.3 is 9.84 Å². The number of rotatable bonds is 3. The summed E-state index contributed by atoms with van der Waals surface area (Å²) in [4.78, 5) is 2.14. The first-order valence-corrected chi connectivity index (χ1v) is 3.86. The van der Waals surface area contributed by atoms with Gasteiger partial charge in [-0.05, 0) is 13.0 Å². The van der Waals surface area contributed by atoms with Crippen LogP contribution in [0.2, 0.25) is 0 Å². The Morgan fingerprint density at radius 1 is 1.82 bits per heavy atom. The molecule has 3 nitrogen and oxygen atoms in total. The van der Waals surface area contributed by atoms with Crippen molar-refractivity contribution < 1.29 is 9.84 Å². The van der Waals surface area contributed by atoms with Gasteiger partial charge in [-0.3, -0.25) is 4.90 Å². The molecule has 0 saturated carbocycles. The molecule has 1 aliphatic rings. The van der Waals surface area contributed by atoms with Gasteiger partial charge in [-0.2, -0.15) is 0 Å². The molecule has 1 rings (SSSR count). The third-order valence-electron chi connectivity index (χ3n) is 1.74. The number of nitrogens with zero attached hydrogens (tertiary/aromatic N) is 1. The van der Waals surface area contributed by atoms with Gasteiger partial charge in [0.1, 0.15) is 5.76 Å². The van der Waals surface area contributed by atoms with E-state index in [9.17, 15) is 0 Å². The number of aliphatic hydroxyl groups excluding tert-OH is 1. The Hall–Kier alpha value is -0.540. The summed E-state index contributed by atoms with van der Waals surface area (Å²) in [6, 6.07) is 0. The van der Waals surface area contributed by atoms with Crippen molar-refractivity contribution in [1.82, 2.24) is 4.90 Å². The highest BCUT2D eigenvalue weighted by Crippen LogP contribution is 2.08. The van der Waals surface area contributed by atoms with Crippen molar-refractivity contribution >= 4 is 0 Å². The Balaban J connectivity index is 2.24. The van der Waals surface area contributed by atoms with Gasteiger partial charge in [-0.15, -0.1) is 0 Å². The Morgan fingerprint density at radius 3 is 3.00 bits per heavy atom. The lowest BCUT2D eigenvalue weighted by Crippen LogP contribution is -2.29. The Bertz CT molecular complexity index is 154.